The monoisotopic (exact) mass is 482 g/mol. The Morgan fingerprint density at radius 2 is 1.52 bits per heavy atom. The van der Waals surface area contributed by atoms with Gasteiger partial charge >= 0.3 is 0 Å². The van der Waals surface area contributed by atoms with E-state index in [1.54, 1.807) is 12.1 Å². The van der Waals surface area contributed by atoms with Gasteiger partial charge in [-0.1, -0.05) is 53.3 Å². The minimum absolute atomic E-state index is 0.174. The Morgan fingerprint density at radius 1 is 0.970 bits per heavy atom. The van der Waals surface area contributed by atoms with Gasteiger partial charge in [0.05, 0.1) is 31.1 Å². The van der Waals surface area contributed by atoms with Crippen molar-refractivity contribution >= 4 is 17.6 Å². The minimum Gasteiger partial charge on any atom is -0.507 e. The number of phenolic OH excluding ortho intramolecular Hbond substituents is 1. The molecule has 0 amide bonds. The fourth-order valence-corrected chi connectivity index (χ4v) is 5.06. The number of benzene rings is 1. The molecule has 2 aromatic rings. The number of rotatable bonds is 6. The molecule has 3 N–H and O–H groups in total. The zero-order valence-corrected chi connectivity index (χ0v) is 21.2. The van der Waals surface area contributed by atoms with Gasteiger partial charge in [-0.25, -0.2) is 8.78 Å². The number of pyridine rings is 1. The standard InChI is InChI=1S/C25H34F3N3OS/c1-24(2,3)16-13-15(14-17(20(16)32)25(4,5)6)33-21-18(26)22(28)30-23(19(21)27)29-9-12-31-10-7-8-11-31/h13-14,32H,7-12H2,1-6H3,(H,29,30)/p+1. The molecule has 2 heterocycles. The van der Waals surface area contributed by atoms with Crippen molar-refractivity contribution in [3.8, 4) is 5.75 Å². The lowest BCUT2D eigenvalue weighted by atomic mass is 9.79. The zero-order valence-electron chi connectivity index (χ0n) is 20.3. The van der Waals surface area contributed by atoms with Gasteiger partial charge in [0.15, 0.2) is 17.5 Å². The fraction of sp³-hybridized carbons (Fsp3) is 0.560. The quantitative estimate of drug-likeness (QED) is 0.505. The average Bonchev–Trinajstić information content (AvgIpc) is 3.22. The maximum Gasteiger partial charge on any atom is 0.252 e. The molecule has 0 unspecified atom stereocenters. The van der Waals surface area contributed by atoms with Crippen molar-refractivity contribution in [1.82, 2.24) is 4.98 Å². The number of nitrogens with zero attached hydrogens (tertiary/aromatic N) is 1. The van der Waals surface area contributed by atoms with E-state index in [1.165, 1.54) is 17.7 Å². The number of aromatic nitrogens is 1. The van der Waals surface area contributed by atoms with Crippen molar-refractivity contribution in [3.63, 3.8) is 0 Å². The van der Waals surface area contributed by atoms with Crippen molar-refractivity contribution in [2.24, 2.45) is 0 Å². The molecule has 1 aliphatic rings. The first-order valence-electron chi connectivity index (χ1n) is 11.5. The van der Waals surface area contributed by atoms with Crippen LogP contribution in [0.2, 0.25) is 0 Å². The van der Waals surface area contributed by atoms with Gasteiger partial charge in [0.2, 0.25) is 0 Å². The highest BCUT2D eigenvalue weighted by Gasteiger charge is 2.28. The van der Waals surface area contributed by atoms with Crippen molar-refractivity contribution in [3.05, 3.63) is 40.8 Å². The lowest BCUT2D eigenvalue weighted by molar-refractivity contribution is -0.885. The van der Waals surface area contributed by atoms with E-state index < -0.39 is 33.3 Å². The molecule has 1 aromatic heterocycles. The Labute approximate surface area is 199 Å². The van der Waals surface area contributed by atoms with Crippen LogP contribution in [-0.2, 0) is 10.8 Å². The molecular formula is C25H35F3N3OS+. The van der Waals surface area contributed by atoms with Gasteiger partial charge in [-0.3, -0.25) is 0 Å². The van der Waals surface area contributed by atoms with Crippen LogP contribution in [0, 0.1) is 17.6 Å². The Bertz CT molecular complexity index is 974. The number of hydrogen-bond acceptors (Lipinski definition) is 4. The lowest BCUT2D eigenvalue weighted by Crippen LogP contribution is -3.10. The van der Waals surface area contributed by atoms with Gasteiger partial charge in [0, 0.05) is 28.9 Å². The highest BCUT2D eigenvalue weighted by Crippen LogP contribution is 2.44. The van der Waals surface area contributed by atoms with Crippen molar-refractivity contribution in [2.45, 2.75) is 75.0 Å². The zero-order chi connectivity index (χ0) is 24.6. The van der Waals surface area contributed by atoms with Crippen molar-refractivity contribution in [2.75, 3.05) is 31.5 Å². The molecule has 0 saturated carbocycles. The van der Waals surface area contributed by atoms with Crippen LogP contribution in [0.1, 0.15) is 65.5 Å². The first-order valence-corrected chi connectivity index (χ1v) is 12.3. The summed E-state index contributed by atoms with van der Waals surface area (Å²) < 4.78 is 44.2. The number of anilines is 1. The van der Waals surface area contributed by atoms with E-state index in [4.69, 9.17) is 0 Å². The molecule has 0 radical (unpaired) electrons. The number of phenols is 1. The van der Waals surface area contributed by atoms with Crippen LogP contribution in [0.3, 0.4) is 0 Å². The number of halogens is 3. The highest BCUT2D eigenvalue weighted by molar-refractivity contribution is 7.99. The first-order chi connectivity index (χ1) is 15.3. The third-order valence-electron chi connectivity index (χ3n) is 6.00. The predicted molar refractivity (Wildman–Crippen MR) is 127 cm³/mol. The SMILES string of the molecule is CC(C)(C)c1cc(Sc2c(F)c(F)nc(NCC[NH+]3CCCC3)c2F)cc(C(C)(C)C)c1O. The van der Waals surface area contributed by atoms with E-state index in [1.807, 2.05) is 41.5 Å². The molecular weight excluding hydrogens is 447 g/mol. The van der Waals surface area contributed by atoms with Crippen LogP contribution in [0.15, 0.2) is 21.9 Å². The van der Waals surface area contributed by atoms with E-state index >= 15 is 4.39 Å². The number of quaternary nitrogens is 1. The second kappa shape index (κ2) is 9.74. The third-order valence-corrected chi connectivity index (χ3v) is 7.03. The van der Waals surface area contributed by atoms with Crippen LogP contribution in [0.4, 0.5) is 19.0 Å². The van der Waals surface area contributed by atoms with Crippen LogP contribution in [-0.4, -0.2) is 36.3 Å². The van der Waals surface area contributed by atoms with Gasteiger partial charge < -0.3 is 15.3 Å². The maximum atomic E-state index is 15.2. The topological polar surface area (TPSA) is 49.6 Å². The summed E-state index contributed by atoms with van der Waals surface area (Å²) in [5, 5.41) is 13.7. The molecule has 182 valence electrons. The van der Waals surface area contributed by atoms with E-state index in [9.17, 15) is 13.9 Å². The molecule has 0 aliphatic carbocycles. The minimum atomic E-state index is -1.33. The molecule has 1 fully saturated rings. The maximum absolute atomic E-state index is 15.2. The number of hydrogen-bond donors (Lipinski definition) is 3. The second-order valence-corrected chi connectivity index (χ2v) is 11.9. The third kappa shape index (κ3) is 5.96. The van der Waals surface area contributed by atoms with Crippen LogP contribution >= 0.6 is 11.8 Å². The molecule has 0 bridgehead atoms. The second-order valence-electron chi connectivity index (χ2n) is 10.8. The van der Waals surface area contributed by atoms with E-state index in [-0.39, 0.29) is 11.6 Å². The Morgan fingerprint density at radius 3 is 2.03 bits per heavy atom. The molecule has 3 rings (SSSR count). The summed E-state index contributed by atoms with van der Waals surface area (Å²) >= 11 is 0.811. The fourth-order valence-electron chi connectivity index (χ4n) is 4.11. The van der Waals surface area contributed by atoms with E-state index in [0.717, 1.165) is 31.4 Å². The van der Waals surface area contributed by atoms with Crippen LogP contribution in [0.25, 0.3) is 0 Å². The molecule has 8 heteroatoms. The van der Waals surface area contributed by atoms with E-state index in [2.05, 4.69) is 10.3 Å². The molecule has 1 saturated heterocycles. The Balaban J connectivity index is 1.95. The smallest absolute Gasteiger partial charge is 0.252 e. The summed E-state index contributed by atoms with van der Waals surface area (Å²) in [5.41, 5.74) is 0.539. The Kier molecular flexibility index (Phi) is 7.58. The summed E-state index contributed by atoms with van der Waals surface area (Å²) in [5.74, 6) is -3.65. The predicted octanol–water partition coefficient (Wildman–Crippen LogP) is 5.04. The van der Waals surface area contributed by atoms with Crippen molar-refractivity contribution in [1.29, 1.82) is 0 Å². The average molecular weight is 483 g/mol. The van der Waals surface area contributed by atoms with Crippen LogP contribution in [0.5, 0.6) is 5.75 Å². The van der Waals surface area contributed by atoms with Gasteiger partial charge in [0.25, 0.3) is 5.95 Å². The summed E-state index contributed by atoms with van der Waals surface area (Å²) in [4.78, 5) is 4.97. The van der Waals surface area contributed by atoms with Gasteiger partial charge in [-0.05, 0) is 23.0 Å². The summed E-state index contributed by atoms with van der Waals surface area (Å²) in [6, 6.07) is 3.44. The first kappa shape index (κ1) is 25.7. The Hall–Kier alpha value is -1.93. The summed E-state index contributed by atoms with van der Waals surface area (Å²) in [7, 11) is 0. The lowest BCUT2D eigenvalue weighted by Gasteiger charge is -2.28. The van der Waals surface area contributed by atoms with Gasteiger partial charge in [-0.15, -0.1) is 0 Å². The molecule has 4 nitrogen and oxygen atoms in total. The normalized spacial score (nSPS) is 15.3. The molecule has 1 aliphatic heterocycles. The number of likely N-dealkylation sites (tertiary alicyclic amines) is 1. The van der Waals surface area contributed by atoms with Crippen molar-refractivity contribution < 1.29 is 23.2 Å². The number of nitrogens with one attached hydrogen (secondary N) is 2. The van der Waals surface area contributed by atoms with Gasteiger partial charge in [-0.2, -0.15) is 9.37 Å². The largest absolute Gasteiger partial charge is 0.507 e. The molecule has 0 atom stereocenters. The van der Waals surface area contributed by atoms with E-state index in [0.29, 0.717) is 22.6 Å². The van der Waals surface area contributed by atoms with Gasteiger partial charge in [0.1, 0.15) is 5.75 Å². The molecule has 0 spiro atoms. The highest BCUT2D eigenvalue weighted by atomic mass is 32.2. The van der Waals surface area contributed by atoms with Crippen LogP contribution < -0.4 is 10.2 Å². The summed E-state index contributed by atoms with van der Waals surface area (Å²) in [6.07, 6.45) is 2.35. The number of aromatic hydroxyl groups is 1. The molecule has 1 aromatic carbocycles. The summed E-state index contributed by atoms with van der Waals surface area (Å²) in [6.45, 7) is 15.1. The molecule has 33 heavy (non-hydrogen) atoms.